The molecule has 4 nitrogen and oxygen atoms in total. The Morgan fingerprint density at radius 1 is 1.45 bits per heavy atom. The molecule has 0 fully saturated rings. The lowest BCUT2D eigenvalue weighted by Crippen LogP contribution is -2.09. The van der Waals surface area contributed by atoms with Crippen molar-refractivity contribution in [2.75, 3.05) is 6.61 Å². The summed E-state index contributed by atoms with van der Waals surface area (Å²) in [4.78, 5) is 0. The van der Waals surface area contributed by atoms with E-state index in [1.807, 2.05) is 19.2 Å². The molecular weight excluding hydrogens is 365 g/mol. The van der Waals surface area contributed by atoms with Crippen LogP contribution in [0.5, 0.6) is 5.75 Å². The van der Waals surface area contributed by atoms with Crippen molar-refractivity contribution < 1.29 is 4.74 Å². The Hall–Kier alpha value is -0.780. The van der Waals surface area contributed by atoms with Crippen LogP contribution in [0.15, 0.2) is 28.9 Å². The Morgan fingerprint density at radius 2 is 2.25 bits per heavy atom. The summed E-state index contributed by atoms with van der Waals surface area (Å²) < 4.78 is 8.22. The maximum Gasteiger partial charge on any atom is 0.133 e. The zero-order valence-corrected chi connectivity index (χ0v) is 14.0. The molecule has 0 aliphatic rings. The smallest absolute Gasteiger partial charge is 0.133 e. The van der Waals surface area contributed by atoms with Crippen LogP contribution in [-0.4, -0.2) is 21.6 Å². The predicted octanol–water partition coefficient (Wildman–Crippen LogP) is 4.46. The number of ether oxygens (including phenoxy) is 1. The molecule has 0 aliphatic carbocycles. The summed E-state index contributed by atoms with van der Waals surface area (Å²) >= 11 is 15.4. The number of benzene rings is 1. The Balaban J connectivity index is 1.88. The van der Waals surface area contributed by atoms with Crippen molar-refractivity contribution in [2.45, 2.75) is 25.3 Å². The molecule has 20 heavy (non-hydrogen) atoms. The second-order valence-electron chi connectivity index (χ2n) is 4.21. The van der Waals surface area contributed by atoms with Crippen LogP contribution >= 0.6 is 39.1 Å². The van der Waals surface area contributed by atoms with E-state index in [2.05, 4.69) is 26.2 Å². The van der Waals surface area contributed by atoms with Gasteiger partial charge in [0.15, 0.2) is 0 Å². The number of alkyl halides is 1. The van der Waals surface area contributed by atoms with Gasteiger partial charge in [0, 0.05) is 5.02 Å². The number of aromatic nitrogens is 3. The van der Waals surface area contributed by atoms with Gasteiger partial charge in [-0.15, -0.1) is 16.7 Å². The van der Waals surface area contributed by atoms with Gasteiger partial charge in [0.1, 0.15) is 18.1 Å². The fourth-order valence-corrected chi connectivity index (χ4v) is 2.51. The van der Waals surface area contributed by atoms with Crippen molar-refractivity contribution in [3.05, 3.63) is 39.6 Å². The molecule has 1 unspecified atom stereocenters. The highest BCUT2D eigenvalue weighted by Gasteiger charge is 2.10. The highest BCUT2D eigenvalue weighted by molar-refractivity contribution is 9.10. The first-order chi connectivity index (χ1) is 9.60. The first-order valence-electron chi connectivity index (χ1n) is 6.22. The number of nitrogens with zero attached hydrogens (tertiary/aromatic N) is 3. The van der Waals surface area contributed by atoms with Gasteiger partial charge in [-0.3, -0.25) is 0 Å². The molecular formula is C13H14BrCl2N3O. The van der Waals surface area contributed by atoms with E-state index in [9.17, 15) is 0 Å². The number of hydrogen-bond acceptors (Lipinski definition) is 3. The lowest BCUT2D eigenvalue weighted by Gasteiger charge is -2.08. The molecule has 1 atom stereocenters. The fourth-order valence-electron chi connectivity index (χ4n) is 1.62. The Bertz CT molecular complexity index is 576. The summed E-state index contributed by atoms with van der Waals surface area (Å²) in [6, 6.07) is 5.41. The van der Waals surface area contributed by atoms with Crippen molar-refractivity contribution >= 4 is 39.1 Å². The van der Waals surface area contributed by atoms with Crippen LogP contribution in [-0.2, 0) is 6.54 Å². The number of hydrogen-bond donors (Lipinski definition) is 0. The van der Waals surface area contributed by atoms with Gasteiger partial charge in [0.05, 0.1) is 22.6 Å². The maximum absolute atomic E-state index is 6.10. The average molecular weight is 379 g/mol. The molecule has 7 heteroatoms. The molecule has 1 aromatic heterocycles. The molecule has 0 radical (unpaired) electrons. The summed E-state index contributed by atoms with van der Waals surface area (Å²) in [6.07, 6.45) is 2.68. The summed E-state index contributed by atoms with van der Waals surface area (Å²) in [6.45, 7) is 3.11. The molecule has 0 bridgehead atoms. The standard InChI is InChI=1S/C13H14BrCl2N3O/c1-2-11(16)12-8-19(18-17-12)5-6-20-13-4-3-9(15)7-10(13)14/h3-4,7-8,11H,2,5-6H2,1H3. The minimum Gasteiger partial charge on any atom is -0.490 e. The van der Waals surface area contributed by atoms with Gasteiger partial charge < -0.3 is 4.74 Å². The van der Waals surface area contributed by atoms with Crippen LogP contribution < -0.4 is 4.74 Å². The maximum atomic E-state index is 6.10. The van der Waals surface area contributed by atoms with Gasteiger partial charge in [-0.2, -0.15) is 0 Å². The quantitative estimate of drug-likeness (QED) is 0.696. The van der Waals surface area contributed by atoms with Crippen LogP contribution in [0.4, 0.5) is 0 Å². The molecule has 2 rings (SSSR count). The molecule has 1 heterocycles. The van der Waals surface area contributed by atoms with E-state index >= 15 is 0 Å². The highest BCUT2D eigenvalue weighted by Crippen LogP contribution is 2.28. The van der Waals surface area contributed by atoms with E-state index in [1.165, 1.54) is 0 Å². The normalized spacial score (nSPS) is 12.4. The predicted molar refractivity (Wildman–Crippen MR) is 83.6 cm³/mol. The zero-order valence-electron chi connectivity index (χ0n) is 10.9. The molecule has 0 spiro atoms. The Labute approximate surface area is 136 Å². The minimum absolute atomic E-state index is 0.0879. The van der Waals surface area contributed by atoms with Crippen molar-refractivity contribution in [3.63, 3.8) is 0 Å². The summed E-state index contributed by atoms with van der Waals surface area (Å²) in [5.74, 6) is 0.749. The van der Waals surface area contributed by atoms with Gasteiger partial charge in [0.2, 0.25) is 0 Å². The van der Waals surface area contributed by atoms with E-state index in [4.69, 9.17) is 27.9 Å². The Kier molecular flexibility index (Phi) is 5.69. The summed E-state index contributed by atoms with van der Waals surface area (Å²) in [7, 11) is 0. The summed E-state index contributed by atoms with van der Waals surface area (Å²) in [5.41, 5.74) is 0.793. The van der Waals surface area contributed by atoms with E-state index in [-0.39, 0.29) is 5.38 Å². The van der Waals surface area contributed by atoms with Crippen LogP contribution in [0.2, 0.25) is 5.02 Å². The molecule has 0 saturated carbocycles. The molecule has 0 amide bonds. The molecule has 2 aromatic rings. The van der Waals surface area contributed by atoms with E-state index in [1.54, 1.807) is 16.8 Å². The third kappa shape index (κ3) is 4.11. The lowest BCUT2D eigenvalue weighted by molar-refractivity contribution is 0.288. The largest absolute Gasteiger partial charge is 0.490 e. The monoisotopic (exact) mass is 377 g/mol. The van der Waals surface area contributed by atoms with E-state index < -0.39 is 0 Å². The van der Waals surface area contributed by atoms with E-state index in [0.717, 1.165) is 22.3 Å². The van der Waals surface area contributed by atoms with Gasteiger partial charge >= 0.3 is 0 Å². The topological polar surface area (TPSA) is 39.9 Å². The van der Waals surface area contributed by atoms with Crippen molar-refractivity contribution in [1.29, 1.82) is 0 Å². The van der Waals surface area contributed by atoms with E-state index in [0.29, 0.717) is 18.2 Å². The second kappa shape index (κ2) is 7.29. The van der Waals surface area contributed by atoms with Crippen LogP contribution in [0.1, 0.15) is 24.4 Å². The van der Waals surface area contributed by atoms with Gasteiger partial charge in [-0.05, 0) is 40.5 Å². The summed E-state index contributed by atoms with van der Waals surface area (Å²) in [5, 5.41) is 8.64. The van der Waals surface area contributed by atoms with Gasteiger partial charge in [0.25, 0.3) is 0 Å². The molecule has 108 valence electrons. The van der Waals surface area contributed by atoms with Crippen LogP contribution in [0.3, 0.4) is 0 Å². The van der Waals surface area contributed by atoms with Crippen LogP contribution in [0.25, 0.3) is 0 Å². The van der Waals surface area contributed by atoms with Gasteiger partial charge in [-0.25, -0.2) is 4.68 Å². The number of rotatable bonds is 6. The third-order valence-corrected chi connectivity index (χ3v) is 4.09. The van der Waals surface area contributed by atoms with Gasteiger partial charge in [-0.1, -0.05) is 23.7 Å². The average Bonchev–Trinajstić information content (AvgIpc) is 2.89. The van der Waals surface area contributed by atoms with Crippen molar-refractivity contribution in [2.24, 2.45) is 0 Å². The number of halogens is 3. The molecule has 0 aliphatic heterocycles. The molecule has 0 N–H and O–H groups in total. The fraction of sp³-hybridized carbons (Fsp3) is 0.385. The zero-order chi connectivity index (χ0) is 14.5. The Morgan fingerprint density at radius 3 is 2.95 bits per heavy atom. The SMILES string of the molecule is CCC(Cl)c1cn(CCOc2ccc(Cl)cc2Br)nn1. The first kappa shape index (κ1) is 15.6. The molecule has 0 saturated heterocycles. The second-order valence-corrected chi connectivity index (χ2v) is 6.02. The third-order valence-electron chi connectivity index (χ3n) is 2.71. The van der Waals surface area contributed by atoms with Crippen molar-refractivity contribution in [3.8, 4) is 5.75 Å². The van der Waals surface area contributed by atoms with Crippen LogP contribution in [0, 0.1) is 0 Å². The lowest BCUT2D eigenvalue weighted by atomic mass is 10.3. The highest BCUT2D eigenvalue weighted by atomic mass is 79.9. The minimum atomic E-state index is -0.0879. The molecule has 1 aromatic carbocycles. The first-order valence-corrected chi connectivity index (χ1v) is 7.83. The van der Waals surface area contributed by atoms with Crippen molar-refractivity contribution in [1.82, 2.24) is 15.0 Å².